The number of amides is 1. The summed E-state index contributed by atoms with van der Waals surface area (Å²) >= 11 is 0. The Labute approximate surface area is 118 Å². The highest BCUT2D eigenvalue weighted by Gasteiger charge is 2.29. The second-order valence-corrected chi connectivity index (χ2v) is 4.96. The van der Waals surface area contributed by atoms with E-state index < -0.39 is 6.10 Å². The number of rotatable bonds is 2. The Bertz CT molecular complexity index is 546. The van der Waals surface area contributed by atoms with Gasteiger partial charge in [-0.3, -0.25) is 9.78 Å². The average molecular weight is 274 g/mol. The van der Waals surface area contributed by atoms with Crippen LogP contribution in [-0.2, 0) is 0 Å². The van der Waals surface area contributed by atoms with Crippen LogP contribution in [0, 0.1) is 17.8 Å². The maximum atomic E-state index is 12.3. The van der Waals surface area contributed by atoms with Crippen molar-refractivity contribution >= 4 is 5.91 Å². The van der Waals surface area contributed by atoms with Gasteiger partial charge in [0.1, 0.15) is 6.61 Å². The minimum absolute atomic E-state index is 0.0895. The predicted molar refractivity (Wildman–Crippen MR) is 73.9 cm³/mol. The van der Waals surface area contributed by atoms with Crippen molar-refractivity contribution in [2.75, 3.05) is 19.7 Å². The molecule has 0 spiro atoms. The van der Waals surface area contributed by atoms with Gasteiger partial charge in [0.15, 0.2) is 0 Å². The lowest BCUT2D eigenvalue weighted by Gasteiger charge is -2.17. The molecule has 1 aliphatic heterocycles. The largest absolute Gasteiger partial charge is 0.393 e. The topological polar surface area (TPSA) is 73.7 Å². The SMILES string of the molecule is CC(O)C1CCN(C(=O)c2cncc(C#CCO)c2)C1. The molecule has 1 fully saturated rings. The van der Waals surface area contributed by atoms with Crippen molar-refractivity contribution in [3.05, 3.63) is 29.6 Å². The Morgan fingerprint density at radius 2 is 2.40 bits per heavy atom. The highest BCUT2D eigenvalue weighted by atomic mass is 16.3. The third-order valence-electron chi connectivity index (χ3n) is 3.49. The van der Waals surface area contributed by atoms with Gasteiger partial charge >= 0.3 is 0 Å². The molecule has 1 aliphatic rings. The maximum absolute atomic E-state index is 12.3. The zero-order chi connectivity index (χ0) is 14.5. The van der Waals surface area contributed by atoms with Crippen molar-refractivity contribution < 1.29 is 15.0 Å². The summed E-state index contributed by atoms with van der Waals surface area (Å²) in [5.41, 5.74) is 1.09. The minimum atomic E-state index is -0.396. The van der Waals surface area contributed by atoms with Gasteiger partial charge in [-0.1, -0.05) is 11.8 Å². The molecule has 0 saturated carbocycles. The van der Waals surface area contributed by atoms with Crippen LogP contribution in [0.15, 0.2) is 18.5 Å². The van der Waals surface area contributed by atoms with Crippen LogP contribution in [0.4, 0.5) is 0 Å². The molecule has 0 bridgehead atoms. The highest BCUT2D eigenvalue weighted by molar-refractivity contribution is 5.94. The first-order valence-electron chi connectivity index (χ1n) is 6.64. The standard InChI is InChI=1S/C15H18N2O3/c1-11(19)13-4-5-17(10-13)15(20)14-7-12(3-2-6-18)8-16-9-14/h7-9,11,13,18-19H,4-6,10H2,1H3. The molecule has 1 amide bonds. The Balaban J connectivity index is 2.10. The number of carbonyl (C=O) groups is 1. The maximum Gasteiger partial charge on any atom is 0.255 e. The number of pyridine rings is 1. The summed E-state index contributed by atoms with van der Waals surface area (Å²) < 4.78 is 0. The summed E-state index contributed by atoms with van der Waals surface area (Å²) in [4.78, 5) is 18.1. The van der Waals surface area contributed by atoms with Crippen LogP contribution in [-0.4, -0.2) is 51.8 Å². The van der Waals surface area contributed by atoms with Crippen molar-refractivity contribution in [2.24, 2.45) is 5.92 Å². The lowest BCUT2D eigenvalue weighted by atomic mass is 10.0. The smallest absolute Gasteiger partial charge is 0.255 e. The molecule has 2 N–H and O–H groups in total. The number of carbonyl (C=O) groups excluding carboxylic acids is 1. The Morgan fingerprint density at radius 1 is 1.60 bits per heavy atom. The monoisotopic (exact) mass is 274 g/mol. The molecule has 2 heterocycles. The summed E-state index contributed by atoms with van der Waals surface area (Å²) in [6.07, 6.45) is 3.50. The minimum Gasteiger partial charge on any atom is -0.393 e. The molecule has 1 aromatic rings. The fourth-order valence-electron chi connectivity index (χ4n) is 2.31. The van der Waals surface area contributed by atoms with Crippen LogP contribution in [0.1, 0.15) is 29.3 Å². The molecule has 106 valence electrons. The molecule has 2 rings (SSSR count). The molecule has 5 heteroatoms. The van der Waals surface area contributed by atoms with Gasteiger partial charge in [0.05, 0.1) is 11.7 Å². The highest BCUT2D eigenvalue weighted by Crippen LogP contribution is 2.21. The number of likely N-dealkylation sites (tertiary alicyclic amines) is 1. The van der Waals surface area contributed by atoms with E-state index in [2.05, 4.69) is 16.8 Å². The number of nitrogens with zero attached hydrogens (tertiary/aromatic N) is 2. The van der Waals surface area contributed by atoms with Gasteiger partial charge in [-0.05, 0) is 19.4 Å². The number of hydrogen-bond donors (Lipinski definition) is 2. The van der Waals surface area contributed by atoms with E-state index in [9.17, 15) is 9.90 Å². The van der Waals surface area contributed by atoms with Gasteiger partial charge in [0.2, 0.25) is 0 Å². The van der Waals surface area contributed by atoms with Gasteiger partial charge < -0.3 is 15.1 Å². The average Bonchev–Trinajstić information content (AvgIpc) is 2.94. The Hall–Kier alpha value is -1.90. The number of aliphatic hydroxyl groups excluding tert-OH is 2. The summed E-state index contributed by atoms with van der Waals surface area (Å²) in [6, 6.07) is 1.67. The van der Waals surface area contributed by atoms with E-state index in [0.717, 1.165) is 6.42 Å². The van der Waals surface area contributed by atoms with E-state index in [1.807, 2.05) is 0 Å². The van der Waals surface area contributed by atoms with E-state index in [1.165, 1.54) is 6.20 Å². The number of aromatic nitrogens is 1. The molecule has 1 aromatic heterocycles. The third-order valence-corrected chi connectivity index (χ3v) is 3.49. The summed E-state index contributed by atoms with van der Waals surface area (Å²) in [5, 5.41) is 18.2. The normalized spacial score (nSPS) is 19.4. The van der Waals surface area contributed by atoms with Crippen LogP contribution in [0.5, 0.6) is 0 Å². The lowest BCUT2D eigenvalue weighted by Crippen LogP contribution is -2.30. The fourth-order valence-corrected chi connectivity index (χ4v) is 2.31. The summed E-state index contributed by atoms with van der Waals surface area (Å²) in [5.74, 6) is 5.32. The van der Waals surface area contributed by atoms with E-state index in [-0.39, 0.29) is 18.4 Å². The molecule has 5 nitrogen and oxygen atoms in total. The molecule has 0 aromatic carbocycles. The van der Waals surface area contributed by atoms with E-state index in [0.29, 0.717) is 24.2 Å². The Kier molecular flexibility index (Phi) is 4.72. The molecule has 0 radical (unpaired) electrons. The zero-order valence-electron chi connectivity index (χ0n) is 11.4. The molecule has 0 aliphatic carbocycles. The third kappa shape index (κ3) is 3.35. The second-order valence-electron chi connectivity index (χ2n) is 4.96. The molecular formula is C15H18N2O3. The van der Waals surface area contributed by atoms with Crippen molar-refractivity contribution in [1.29, 1.82) is 0 Å². The van der Waals surface area contributed by atoms with E-state index >= 15 is 0 Å². The lowest BCUT2D eigenvalue weighted by molar-refractivity contribution is 0.0762. The van der Waals surface area contributed by atoms with Crippen LogP contribution in [0.25, 0.3) is 0 Å². The predicted octanol–water partition coefficient (Wildman–Crippen LogP) is 0.268. The van der Waals surface area contributed by atoms with E-state index in [1.54, 1.807) is 24.1 Å². The summed E-state index contributed by atoms with van der Waals surface area (Å²) in [6.45, 7) is 2.76. The molecule has 2 atom stereocenters. The first kappa shape index (κ1) is 14.5. The van der Waals surface area contributed by atoms with Crippen LogP contribution >= 0.6 is 0 Å². The Morgan fingerprint density at radius 3 is 3.05 bits per heavy atom. The van der Waals surface area contributed by atoms with Crippen LogP contribution in [0.2, 0.25) is 0 Å². The van der Waals surface area contributed by atoms with Gasteiger partial charge in [-0.2, -0.15) is 0 Å². The van der Waals surface area contributed by atoms with Crippen LogP contribution < -0.4 is 0 Å². The van der Waals surface area contributed by atoms with Crippen molar-refractivity contribution in [3.63, 3.8) is 0 Å². The first-order chi connectivity index (χ1) is 9.61. The molecule has 2 unspecified atom stereocenters. The van der Waals surface area contributed by atoms with Crippen molar-refractivity contribution in [1.82, 2.24) is 9.88 Å². The zero-order valence-corrected chi connectivity index (χ0v) is 11.4. The molecule has 20 heavy (non-hydrogen) atoms. The molecular weight excluding hydrogens is 256 g/mol. The fraction of sp³-hybridized carbons (Fsp3) is 0.467. The number of hydrogen-bond acceptors (Lipinski definition) is 4. The van der Waals surface area contributed by atoms with Gasteiger partial charge in [0.25, 0.3) is 5.91 Å². The molecule has 1 saturated heterocycles. The van der Waals surface area contributed by atoms with E-state index in [4.69, 9.17) is 5.11 Å². The quantitative estimate of drug-likeness (QED) is 0.759. The van der Waals surface area contributed by atoms with Crippen LogP contribution in [0.3, 0.4) is 0 Å². The van der Waals surface area contributed by atoms with Crippen molar-refractivity contribution in [2.45, 2.75) is 19.4 Å². The second kappa shape index (κ2) is 6.51. The van der Waals surface area contributed by atoms with Gasteiger partial charge in [-0.15, -0.1) is 0 Å². The first-order valence-corrected chi connectivity index (χ1v) is 6.64. The summed E-state index contributed by atoms with van der Waals surface area (Å²) in [7, 11) is 0. The van der Waals surface area contributed by atoms with Gasteiger partial charge in [-0.25, -0.2) is 0 Å². The van der Waals surface area contributed by atoms with Gasteiger partial charge in [0, 0.05) is 37.0 Å². The van der Waals surface area contributed by atoms with Crippen molar-refractivity contribution in [3.8, 4) is 11.8 Å². The number of aliphatic hydroxyl groups is 2.